The van der Waals surface area contributed by atoms with Gasteiger partial charge in [-0.3, -0.25) is 0 Å². The predicted molar refractivity (Wildman–Crippen MR) is 55.1 cm³/mol. The van der Waals surface area contributed by atoms with Gasteiger partial charge in [-0.05, 0) is 37.2 Å². The van der Waals surface area contributed by atoms with Gasteiger partial charge in [0.2, 0.25) is 0 Å². The topological polar surface area (TPSA) is 48.0 Å². The van der Waals surface area contributed by atoms with E-state index in [2.05, 4.69) is 16.4 Å². The molecule has 0 bridgehead atoms. The fourth-order valence-electron chi connectivity index (χ4n) is 3.01. The molecular formula is C11H16N2O. The van der Waals surface area contributed by atoms with E-state index in [4.69, 9.17) is 0 Å². The normalized spacial score (nSPS) is 40.4. The third-order valence-electron chi connectivity index (χ3n) is 3.66. The lowest BCUT2D eigenvalue weighted by Gasteiger charge is -2.56. The van der Waals surface area contributed by atoms with Gasteiger partial charge in [0.05, 0.1) is 11.8 Å². The zero-order valence-electron chi connectivity index (χ0n) is 8.16. The third kappa shape index (κ3) is 1.23. The molecule has 0 amide bonds. The van der Waals surface area contributed by atoms with E-state index in [-0.39, 0.29) is 6.10 Å². The van der Waals surface area contributed by atoms with E-state index in [1.165, 1.54) is 18.5 Å². The molecule has 0 radical (unpaired) electrons. The summed E-state index contributed by atoms with van der Waals surface area (Å²) in [5, 5.41) is 12.7. The molecule has 0 aliphatic heterocycles. The van der Waals surface area contributed by atoms with E-state index in [9.17, 15) is 5.11 Å². The van der Waals surface area contributed by atoms with Crippen molar-refractivity contribution in [2.45, 2.75) is 37.8 Å². The van der Waals surface area contributed by atoms with Crippen LogP contribution in [0.15, 0.2) is 18.5 Å². The maximum absolute atomic E-state index is 9.27. The van der Waals surface area contributed by atoms with Gasteiger partial charge in [0.15, 0.2) is 0 Å². The Morgan fingerprint density at radius 3 is 2.71 bits per heavy atom. The summed E-state index contributed by atoms with van der Waals surface area (Å²) < 4.78 is 0. The molecule has 1 heterocycles. The Kier molecular flexibility index (Phi) is 1.65. The zero-order chi connectivity index (χ0) is 9.60. The molecule has 76 valence electrons. The molecule has 1 aromatic heterocycles. The first-order valence-electron chi connectivity index (χ1n) is 5.33. The number of anilines is 1. The van der Waals surface area contributed by atoms with Crippen LogP contribution >= 0.6 is 0 Å². The standard InChI is InChI=1S/C11H16N2O/c14-10-5-11(6-10)3-9(4-11)13-8-1-2-12-7-8/h1-2,7,9-10,12-14H,3-6H2. The van der Waals surface area contributed by atoms with Gasteiger partial charge in [-0.1, -0.05) is 0 Å². The Morgan fingerprint density at radius 1 is 1.36 bits per heavy atom. The second kappa shape index (κ2) is 2.76. The van der Waals surface area contributed by atoms with Gasteiger partial charge in [-0.25, -0.2) is 0 Å². The molecule has 2 aliphatic carbocycles. The van der Waals surface area contributed by atoms with Gasteiger partial charge in [-0.2, -0.15) is 0 Å². The second-order valence-electron chi connectivity index (χ2n) is 4.91. The van der Waals surface area contributed by atoms with Crippen LogP contribution in [-0.4, -0.2) is 22.2 Å². The highest BCUT2D eigenvalue weighted by Gasteiger charge is 2.52. The van der Waals surface area contributed by atoms with Crippen molar-refractivity contribution < 1.29 is 5.11 Å². The fourth-order valence-corrected chi connectivity index (χ4v) is 3.01. The van der Waals surface area contributed by atoms with Crippen molar-refractivity contribution in [3.63, 3.8) is 0 Å². The van der Waals surface area contributed by atoms with Gasteiger partial charge in [0.1, 0.15) is 0 Å². The number of aromatic amines is 1. The molecule has 0 unspecified atom stereocenters. The van der Waals surface area contributed by atoms with E-state index in [1.54, 1.807) is 0 Å². The molecule has 2 fully saturated rings. The molecule has 2 aliphatic rings. The van der Waals surface area contributed by atoms with E-state index in [1.807, 2.05) is 12.4 Å². The van der Waals surface area contributed by atoms with Crippen LogP contribution in [0.25, 0.3) is 0 Å². The van der Waals surface area contributed by atoms with Gasteiger partial charge < -0.3 is 15.4 Å². The largest absolute Gasteiger partial charge is 0.393 e. The molecule has 1 aromatic rings. The molecule has 3 N–H and O–H groups in total. The van der Waals surface area contributed by atoms with Crippen LogP contribution < -0.4 is 5.32 Å². The van der Waals surface area contributed by atoms with Crippen LogP contribution in [0.3, 0.4) is 0 Å². The summed E-state index contributed by atoms with van der Waals surface area (Å²) in [5.41, 5.74) is 1.69. The summed E-state index contributed by atoms with van der Waals surface area (Å²) in [6.07, 6.45) is 8.43. The first kappa shape index (κ1) is 8.36. The maximum Gasteiger partial charge on any atom is 0.0551 e. The molecule has 1 spiro atoms. The highest BCUT2D eigenvalue weighted by atomic mass is 16.3. The summed E-state index contributed by atoms with van der Waals surface area (Å²) in [7, 11) is 0. The fraction of sp³-hybridized carbons (Fsp3) is 0.636. The Morgan fingerprint density at radius 2 is 2.14 bits per heavy atom. The Bertz CT molecular complexity index is 306. The van der Waals surface area contributed by atoms with Crippen molar-refractivity contribution in [3.8, 4) is 0 Å². The van der Waals surface area contributed by atoms with E-state index in [0.29, 0.717) is 11.5 Å². The molecule has 3 heteroatoms. The third-order valence-corrected chi connectivity index (χ3v) is 3.66. The van der Waals surface area contributed by atoms with Crippen molar-refractivity contribution in [2.75, 3.05) is 5.32 Å². The lowest BCUT2D eigenvalue weighted by Crippen LogP contribution is -2.54. The van der Waals surface area contributed by atoms with Crippen molar-refractivity contribution >= 4 is 5.69 Å². The van der Waals surface area contributed by atoms with Crippen LogP contribution in [0.4, 0.5) is 5.69 Å². The Labute approximate surface area is 83.5 Å². The van der Waals surface area contributed by atoms with Gasteiger partial charge >= 0.3 is 0 Å². The first-order chi connectivity index (χ1) is 6.76. The van der Waals surface area contributed by atoms with Crippen LogP contribution in [0.2, 0.25) is 0 Å². The first-order valence-corrected chi connectivity index (χ1v) is 5.33. The molecule has 3 nitrogen and oxygen atoms in total. The van der Waals surface area contributed by atoms with Crippen molar-refractivity contribution in [2.24, 2.45) is 5.41 Å². The van der Waals surface area contributed by atoms with Gasteiger partial charge in [0.25, 0.3) is 0 Å². The quantitative estimate of drug-likeness (QED) is 0.668. The second-order valence-corrected chi connectivity index (χ2v) is 4.91. The number of hydrogen-bond donors (Lipinski definition) is 3. The molecule has 3 rings (SSSR count). The van der Waals surface area contributed by atoms with Crippen LogP contribution in [-0.2, 0) is 0 Å². The summed E-state index contributed by atoms with van der Waals surface area (Å²) >= 11 is 0. The summed E-state index contributed by atoms with van der Waals surface area (Å²) in [6, 6.07) is 2.68. The number of aromatic nitrogens is 1. The zero-order valence-corrected chi connectivity index (χ0v) is 8.16. The number of rotatable bonds is 2. The van der Waals surface area contributed by atoms with Crippen molar-refractivity contribution in [1.29, 1.82) is 0 Å². The van der Waals surface area contributed by atoms with Crippen molar-refractivity contribution in [3.05, 3.63) is 18.5 Å². The minimum Gasteiger partial charge on any atom is -0.393 e. The minimum absolute atomic E-state index is 0.0109. The van der Waals surface area contributed by atoms with Crippen LogP contribution in [0, 0.1) is 5.41 Å². The average molecular weight is 192 g/mol. The molecule has 14 heavy (non-hydrogen) atoms. The molecule has 0 atom stereocenters. The maximum atomic E-state index is 9.27. The number of aliphatic hydroxyl groups excluding tert-OH is 1. The van der Waals surface area contributed by atoms with Crippen LogP contribution in [0.5, 0.6) is 0 Å². The SMILES string of the molecule is OC1CC2(C1)CC(Nc1cc[nH]c1)C2. The Hall–Kier alpha value is -0.960. The van der Waals surface area contributed by atoms with Crippen LogP contribution in [0.1, 0.15) is 25.7 Å². The van der Waals surface area contributed by atoms with Gasteiger partial charge in [0, 0.05) is 18.4 Å². The number of aliphatic hydroxyl groups is 1. The van der Waals surface area contributed by atoms with Gasteiger partial charge in [-0.15, -0.1) is 0 Å². The monoisotopic (exact) mass is 192 g/mol. The van der Waals surface area contributed by atoms with E-state index < -0.39 is 0 Å². The highest BCUT2D eigenvalue weighted by Crippen LogP contribution is 2.56. The smallest absolute Gasteiger partial charge is 0.0551 e. The molecule has 0 saturated heterocycles. The number of nitrogens with one attached hydrogen (secondary N) is 2. The highest BCUT2D eigenvalue weighted by molar-refractivity contribution is 5.42. The predicted octanol–water partition coefficient (Wildman–Crippen LogP) is 1.73. The lowest BCUT2D eigenvalue weighted by molar-refractivity contribution is -0.0867. The summed E-state index contributed by atoms with van der Waals surface area (Å²) in [5.74, 6) is 0. The van der Waals surface area contributed by atoms with E-state index in [0.717, 1.165) is 12.8 Å². The Balaban J connectivity index is 1.51. The minimum atomic E-state index is -0.0109. The average Bonchev–Trinajstić information content (AvgIpc) is 2.50. The summed E-state index contributed by atoms with van der Waals surface area (Å²) in [4.78, 5) is 3.04. The molecular weight excluding hydrogens is 176 g/mol. The molecule has 0 aromatic carbocycles. The summed E-state index contributed by atoms with van der Waals surface area (Å²) in [6.45, 7) is 0. The number of hydrogen-bond acceptors (Lipinski definition) is 2. The lowest BCUT2D eigenvalue weighted by atomic mass is 9.53. The molecule has 2 saturated carbocycles. The van der Waals surface area contributed by atoms with Crippen molar-refractivity contribution in [1.82, 2.24) is 4.98 Å². The van der Waals surface area contributed by atoms with E-state index >= 15 is 0 Å². The number of H-pyrrole nitrogens is 1.